The Balaban J connectivity index is 0.000000304. The van der Waals surface area contributed by atoms with Gasteiger partial charge in [0.2, 0.25) is 5.91 Å². The van der Waals surface area contributed by atoms with Crippen molar-refractivity contribution in [2.45, 2.75) is 32.1 Å². The van der Waals surface area contributed by atoms with E-state index in [0.717, 1.165) is 12.8 Å². The third kappa shape index (κ3) is 9.10. The lowest BCUT2D eigenvalue weighted by Gasteiger charge is -2.17. The van der Waals surface area contributed by atoms with E-state index in [1.54, 1.807) is 0 Å². The maximum absolute atomic E-state index is 10.6. The van der Waals surface area contributed by atoms with Crippen LogP contribution in [0.5, 0.6) is 0 Å². The number of carbonyl (C=O) groups excluding carboxylic acids is 1. The molecule has 17 heavy (non-hydrogen) atoms. The molecule has 6 nitrogen and oxygen atoms in total. The van der Waals surface area contributed by atoms with E-state index in [0.29, 0.717) is 12.2 Å². The molecule has 0 atom stereocenters. The molecule has 0 unspecified atom stereocenters. The molecule has 0 aromatic carbocycles. The minimum absolute atomic E-state index is 0.102. The molecule has 1 rings (SSSR count). The van der Waals surface area contributed by atoms with Crippen LogP contribution in [0.4, 0.5) is 0 Å². The first kappa shape index (κ1) is 15.2. The van der Waals surface area contributed by atoms with Crippen LogP contribution in [-0.2, 0) is 14.4 Å². The summed E-state index contributed by atoms with van der Waals surface area (Å²) in [6.45, 7) is 0. The third-order valence-electron chi connectivity index (χ3n) is 2.38. The number of hydrogen-bond acceptors (Lipinski definition) is 3. The highest BCUT2D eigenvalue weighted by Gasteiger charge is 2.17. The van der Waals surface area contributed by atoms with Crippen molar-refractivity contribution in [1.82, 2.24) is 0 Å². The Morgan fingerprint density at radius 2 is 1.35 bits per heavy atom. The van der Waals surface area contributed by atoms with Crippen molar-refractivity contribution in [1.29, 1.82) is 0 Å². The number of nitrogens with two attached hydrogens (primary N) is 1. The van der Waals surface area contributed by atoms with Crippen molar-refractivity contribution < 1.29 is 24.6 Å². The van der Waals surface area contributed by atoms with E-state index in [2.05, 4.69) is 0 Å². The summed E-state index contributed by atoms with van der Waals surface area (Å²) in [6.07, 6.45) is 6.82. The molecule has 1 aliphatic carbocycles. The van der Waals surface area contributed by atoms with Gasteiger partial charge >= 0.3 is 11.9 Å². The molecule has 1 aliphatic rings. The predicted octanol–water partition coefficient (Wildman–Crippen LogP) is 0.764. The lowest BCUT2D eigenvalue weighted by atomic mass is 9.89. The highest BCUT2D eigenvalue weighted by Crippen LogP contribution is 2.22. The molecule has 1 fully saturated rings. The molecule has 6 heteroatoms. The molecule has 0 spiro atoms. The summed E-state index contributed by atoms with van der Waals surface area (Å²) in [5.74, 6) is -2.42. The van der Waals surface area contributed by atoms with E-state index in [9.17, 15) is 14.4 Å². The summed E-state index contributed by atoms with van der Waals surface area (Å²) in [5, 5.41) is 15.6. The van der Waals surface area contributed by atoms with Crippen LogP contribution >= 0.6 is 0 Å². The molecule has 0 bridgehead atoms. The van der Waals surface area contributed by atoms with Crippen molar-refractivity contribution in [3.05, 3.63) is 12.2 Å². The van der Waals surface area contributed by atoms with Gasteiger partial charge in [-0.15, -0.1) is 0 Å². The van der Waals surface area contributed by atoms with Gasteiger partial charge in [0.15, 0.2) is 0 Å². The molecule has 1 amide bonds. The minimum Gasteiger partial charge on any atom is -0.478 e. The minimum atomic E-state index is -1.26. The van der Waals surface area contributed by atoms with Crippen molar-refractivity contribution in [2.75, 3.05) is 0 Å². The summed E-state index contributed by atoms with van der Waals surface area (Å²) < 4.78 is 0. The maximum atomic E-state index is 10.6. The molecule has 4 N–H and O–H groups in total. The molecule has 96 valence electrons. The SMILES string of the molecule is NC(=O)C1CCCCC1.O=C(O)/C=C/C(=O)O. The third-order valence-corrected chi connectivity index (χ3v) is 2.38. The first-order chi connectivity index (χ1) is 7.93. The van der Waals surface area contributed by atoms with Gasteiger partial charge in [0, 0.05) is 18.1 Å². The molecule has 0 heterocycles. The Hall–Kier alpha value is -1.85. The molecule has 0 aliphatic heterocycles. The first-order valence-corrected chi connectivity index (χ1v) is 5.36. The fourth-order valence-electron chi connectivity index (χ4n) is 1.53. The molecule has 0 radical (unpaired) electrons. The van der Waals surface area contributed by atoms with Crippen LogP contribution in [0.25, 0.3) is 0 Å². The summed E-state index contributed by atoms with van der Waals surface area (Å²) in [7, 11) is 0. The van der Waals surface area contributed by atoms with Crippen LogP contribution in [-0.4, -0.2) is 28.1 Å². The van der Waals surface area contributed by atoms with E-state index in [1.807, 2.05) is 0 Å². The smallest absolute Gasteiger partial charge is 0.328 e. The average molecular weight is 243 g/mol. The fourth-order valence-corrected chi connectivity index (χ4v) is 1.53. The zero-order valence-corrected chi connectivity index (χ0v) is 9.46. The molecular weight excluding hydrogens is 226 g/mol. The molecule has 1 saturated carbocycles. The summed E-state index contributed by atoms with van der Waals surface area (Å²) >= 11 is 0. The van der Waals surface area contributed by atoms with Gasteiger partial charge in [-0.25, -0.2) is 9.59 Å². The number of carboxylic acids is 2. The van der Waals surface area contributed by atoms with Crippen LogP contribution in [0.3, 0.4) is 0 Å². The predicted molar refractivity (Wildman–Crippen MR) is 60.2 cm³/mol. The molecule has 0 aromatic heterocycles. The van der Waals surface area contributed by atoms with Gasteiger partial charge in [0.25, 0.3) is 0 Å². The van der Waals surface area contributed by atoms with E-state index in [4.69, 9.17) is 15.9 Å². The second-order valence-electron chi connectivity index (χ2n) is 3.75. The van der Waals surface area contributed by atoms with E-state index >= 15 is 0 Å². The number of hydrogen-bond donors (Lipinski definition) is 3. The number of primary amides is 1. The zero-order valence-electron chi connectivity index (χ0n) is 9.46. The highest BCUT2D eigenvalue weighted by molar-refractivity contribution is 5.89. The lowest BCUT2D eigenvalue weighted by molar-refractivity contribution is -0.134. The Labute approximate surface area is 99.1 Å². The Kier molecular flexibility index (Phi) is 7.41. The van der Waals surface area contributed by atoms with Gasteiger partial charge in [-0.05, 0) is 12.8 Å². The highest BCUT2D eigenvalue weighted by atomic mass is 16.4. The quantitative estimate of drug-likeness (QED) is 0.632. The number of amides is 1. The second-order valence-corrected chi connectivity index (χ2v) is 3.75. The van der Waals surface area contributed by atoms with Gasteiger partial charge in [0.1, 0.15) is 0 Å². The van der Waals surface area contributed by atoms with Crippen LogP contribution in [0, 0.1) is 5.92 Å². The molecule has 0 saturated heterocycles. The van der Waals surface area contributed by atoms with Gasteiger partial charge < -0.3 is 15.9 Å². The first-order valence-electron chi connectivity index (χ1n) is 5.36. The molecule has 0 aromatic rings. The van der Waals surface area contributed by atoms with Crippen molar-refractivity contribution in [3.8, 4) is 0 Å². The lowest BCUT2D eigenvalue weighted by Crippen LogP contribution is -2.24. The standard InChI is InChI=1S/C7H13NO.C4H4O4/c8-7(9)6-4-2-1-3-5-6;5-3(6)1-2-4(7)8/h6H,1-5H2,(H2,8,9);1-2H,(H,5,6)(H,7,8)/b;2-1+. The number of aliphatic carboxylic acids is 2. The van der Waals surface area contributed by atoms with Crippen molar-refractivity contribution in [2.24, 2.45) is 11.7 Å². The van der Waals surface area contributed by atoms with Gasteiger partial charge in [-0.3, -0.25) is 4.79 Å². The largest absolute Gasteiger partial charge is 0.478 e. The van der Waals surface area contributed by atoms with Crippen molar-refractivity contribution in [3.63, 3.8) is 0 Å². The van der Waals surface area contributed by atoms with E-state index in [-0.39, 0.29) is 11.8 Å². The number of rotatable bonds is 3. The fraction of sp³-hybridized carbons (Fsp3) is 0.545. The number of carboxylic acid groups (broad SMARTS) is 2. The summed E-state index contributed by atoms with van der Waals surface area (Å²) in [4.78, 5) is 29.7. The van der Waals surface area contributed by atoms with Crippen LogP contribution in [0.15, 0.2) is 12.2 Å². The molecular formula is C11H17NO5. The zero-order chi connectivity index (χ0) is 13.3. The normalized spacial score (nSPS) is 16.0. The maximum Gasteiger partial charge on any atom is 0.328 e. The van der Waals surface area contributed by atoms with Crippen molar-refractivity contribution >= 4 is 17.8 Å². The summed E-state index contributed by atoms with van der Waals surface area (Å²) in [6, 6.07) is 0. The second kappa shape index (κ2) is 8.32. The Morgan fingerprint density at radius 3 is 1.59 bits per heavy atom. The van der Waals surface area contributed by atoms with Gasteiger partial charge in [-0.2, -0.15) is 0 Å². The monoisotopic (exact) mass is 243 g/mol. The van der Waals surface area contributed by atoms with Gasteiger partial charge in [-0.1, -0.05) is 19.3 Å². The number of carbonyl (C=O) groups is 3. The Bertz CT molecular complexity index is 289. The Morgan fingerprint density at radius 1 is 0.941 bits per heavy atom. The van der Waals surface area contributed by atoms with Crippen LogP contribution in [0.1, 0.15) is 32.1 Å². The van der Waals surface area contributed by atoms with Crippen LogP contribution in [0.2, 0.25) is 0 Å². The van der Waals surface area contributed by atoms with E-state index < -0.39 is 11.9 Å². The average Bonchev–Trinajstić information content (AvgIpc) is 2.28. The summed E-state index contributed by atoms with van der Waals surface area (Å²) in [5.41, 5.74) is 5.13. The van der Waals surface area contributed by atoms with Gasteiger partial charge in [0.05, 0.1) is 0 Å². The van der Waals surface area contributed by atoms with E-state index in [1.165, 1.54) is 19.3 Å². The van der Waals surface area contributed by atoms with Crippen LogP contribution < -0.4 is 5.73 Å². The topological polar surface area (TPSA) is 118 Å².